The average Bonchev–Trinajstić information content (AvgIpc) is 2.48. The molecule has 0 amide bonds. The van der Waals surface area contributed by atoms with Gasteiger partial charge in [0.05, 0.1) is 5.02 Å². The minimum Gasteiger partial charge on any atom is -0.489 e. The minimum absolute atomic E-state index is 0.273. The Morgan fingerprint density at radius 2 is 2.19 bits per heavy atom. The summed E-state index contributed by atoms with van der Waals surface area (Å²) in [5, 5.41) is 4.12. The first-order valence-corrected chi connectivity index (χ1v) is 6.27. The molecular weight excluding hydrogens is 222 g/mol. The van der Waals surface area contributed by atoms with Crippen LogP contribution in [0.5, 0.6) is 5.75 Å². The van der Waals surface area contributed by atoms with Crippen molar-refractivity contribution in [3.63, 3.8) is 0 Å². The van der Waals surface area contributed by atoms with Crippen LogP contribution in [0.15, 0.2) is 24.3 Å². The van der Waals surface area contributed by atoms with Gasteiger partial charge in [-0.1, -0.05) is 30.7 Å². The second kappa shape index (κ2) is 5.55. The third kappa shape index (κ3) is 2.89. The van der Waals surface area contributed by atoms with Crippen molar-refractivity contribution in [3.05, 3.63) is 29.3 Å². The van der Waals surface area contributed by atoms with E-state index in [4.69, 9.17) is 16.3 Å². The van der Waals surface area contributed by atoms with Gasteiger partial charge in [-0.3, -0.25) is 0 Å². The van der Waals surface area contributed by atoms with E-state index in [-0.39, 0.29) is 6.10 Å². The van der Waals surface area contributed by atoms with Crippen molar-refractivity contribution >= 4 is 11.6 Å². The molecule has 88 valence electrons. The highest BCUT2D eigenvalue weighted by atomic mass is 35.5. The molecule has 2 nitrogen and oxygen atoms in total. The maximum atomic E-state index is 6.09. The molecule has 2 rings (SSSR count). The van der Waals surface area contributed by atoms with Gasteiger partial charge in [0.2, 0.25) is 0 Å². The second-order valence-corrected chi connectivity index (χ2v) is 4.82. The standard InChI is InChI=1S/C13H18ClNO/c1-10-9-15-8-4-7-12(10)16-13-6-3-2-5-11(13)14/h2-3,5-6,10,12,15H,4,7-9H2,1H3. The zero-order chi connectivity index (χ0) is 11.4. The molecule has 1 aliphatic rings. The summed E-state index contributed by atoms with van der Waals surface area (Å²) < 4.78 is 6.01. The lowest BCUT2D eigenvalue weighted by atomic mass is 10.0. The molecule has 1 aliphatic heterocycles. The van der Waals surface area contributed by atoms with Crippen LogP contribution in [-0.4, -0.2) is 19.2 Å². The van der Waals surface area contributed by atoms with Crippen molar-refractivity contribution in [3.8, 4) is 5.75 Å². The lowest BCUT2D eigenvalue weighted by molar-refractivity contribution is 0.141. The fourth-order valence-corrected chi connectivity index (χ4v) is 2.23. The molecule has 0 spiro atoms. The smallest absolute Gasteiger partial charge is 0.138 e. The molecule has 2 unspecified atom stereocenters. The molecule has 2 atom stereocenters. The lowest BCUT2D eigenvalue weighted by Crippen LogP contribution is -2.29. The predicted octanol–water partition coefficient (Wildman–Crippen LogP) is 3.11. The van der Waals surface area contributed by atoms with Gasteiger partial charge in [-0.25, -0.2) is 0 Å². The Morgan fingerprint density at radius 3 is 3.00 bits per heavy atom. The summed E-state index contributed by atoms with van der Waals surface area (Å²) in [6, 6.07) is 7.69. The predicted molar refractivity (Wildman–Crippen MR) is 67.1 cm³/mol. The van der Waals surface area contributed by atoms with E-state index in [1.54, 1.807) is 0 Å². The Balaban J connectivity index is 2.05. The summed E-state index contributed by atoms with van der Waals surface area (Å²) in [6.07, 6.45) is 2.54. The number of nitrogens with one attached hydrogen (secondary N) is 1. The zero-order valence-corrected chi connectivity index (χ0v) is 10.3. The van der Waals surface area contributed by atoms with Gasteiger partial charge in [0.1, 0.15) is 11.9 Å². The van der Waals surface area contributed by atoms with Crippen molar-refractivity contribution in [1.29, 1.82) is 0 Å². The number of para-hydroxylation sites is 1. The summed E-state index contributed by atoms with van der Waals surface area (Å²) in [6.45, 7) is 4.33. The largest absolute Gasteiger partial charge is 0.489 e. The Labute approximate surface area is 102 Å². The van der Waals surface area contributed by atoms with Crippen LogP contribution in [0.3, 0.4) is 0 Å². The molecule has 1 heterocycles. The van der Waals surface area contributed by atoms with Crippen LogP contribution in [-0.2, 0) is 0 Å². The summed E-state index contributed by atoms with van der Waals surface area (Å²) in [4.78, 5) is 0. The van der Waals surface area contributed by atoms with Crippen LogP contribution in [0, 0.1) is 5.92 Å². The van der Waals surface area contributed by atoms with Crippen LogP contribution >= 0.6 is 11.6 Å². The molecule has 1 fully saturated rings. The monoisotopic (exact) mass is 239 g/mol. The number of rotatable bonds is 2. The normalized spacial score (nSPS) is 26.1. The van der Waals surface area contributed by atoms with Gasteiger partial charge in [-0.15, -0.1) is 0 Å². The van der Waals surface area contributed by atoms with E-state index in [2.05, 4.69) is 12.2 Å². The van der Waals surface area contributed by atoms with E-state index in [0.29, 0.717) is 10.9 Å². The highest BCUT2D eigenvalue weighted by molar-refractivity contribution is 6.32. The van der Waals surface area contributed by atoms with Crippen molar-refractivity contribution in [1.82, 2.24) is 5.32 Å². The summed E-state index contributed by atoms with van der Waals surface area (Å²) >= 11 is 6.09. The van der Waals surface area contributed by atoms with Crippen LogP contribution in [0.1, 0.15) is 19.8 Å². The van der Waals surface area contributed by atoms with Gasteiger partial charge in [0, 0.05) is 12.5 Å². The Morgan fingerprint density at radius 1 is 1.38 bits per heavy atom. The van der Waals surface area contributed by atoms with Crippen molar-refractivity contribution in [2.24, 2.45) is 5.92 Å². The van der Waals surface area contributed by atoms with Gasteiger partial charge < -0.3 is 10.1 Å². The van der Waals surface area contributed by atoms with E-state index in [0.717, 1.165) is 25.3 Å². The van der Waals surface area contributed by atoms with E-state index in [1.807, 2.05) is 24.3 Å². The SMILES string of the molecule is CC1CNCCCC1Oc1ccccc1Cl. The first-order chi connectivity index (χ1) is 7.77. The Kier molecular flexibility index (Phi) is 4.08. The molecule has 0 saturated carbocycles. The number of benzene rings is 1. The molecule has 16 heavy (non-hydrogen) atoms. The third-order valence-electron chi connectivity index (χ3n) is 3.06. The maximum Gasteiger partial charge on any atom is 0.138 e. The summed E-state index contributed by atoms with van der Waals surface area (Å²) in [5.74, 6) is 1.33. The Hall–Kier alpha value is -0.730. The van der Waals surface area contributed by atoms with E-state index >= 15 is 0 Å². The van der Waals surface area contributed by atoms with Crippen molar-refractivity contribution in [2.75, 3.05) is 13.1 Å². The van der Waals surface area contributed by atoms with Gasteiger partial charge in [0.15, 0.2) is 0 Å². The van der Waals surface area contributed by atoms with Gasteiger partial charge in [-0.05, 0) is 31.5 Å². The Bertz CT molecular complexity index is 342. The highest BCUT2D eigenvalue weighted by Crippen LogP contribution is 2.27. The number of hydrogen-bond acceptors (Lipinski definition) is 2. The molecule has 0 radical (unpaired) electrons. The number of halogens is 1. The van der Waals surface area contributed by atoms with E-state index in [9.17, 15) is 0 Å². The molecule has 3 heteroatoms. The third-order valence-corrected chi connectivity index (χ3v) is 3.37. The topological polar surface area (TPSA) is 21.3 Å². The van der Waals surface area contributed by atoms with Gasteiger partial charge in [-0.2, -0.15) is 0 Å². The minimum atomic E-state index is 0.273. The fourth-order valence-electron chi connectivity index (χ4n) is 2.05. The quantitative estimate of drug-likeness (QED) is 0.856. The molecular formula is C13H18ClNO. The average molecular weight is 240 g/mol. The lowest BCUT2D eigenvalue weighted by Gasteiger charge is -2.23. The van der Waals surface area contributed by atoms with Crippen molar-refractivity contribution in [2.45, 2.75) is 25.9 Å². The number of hydrogen-bond donors (Lipinski definition) is 1. The molecule has 1 aromatic carbocycles. The van der Waals surface area contributed by atoms with Crippen LogP contribution in [0.2, 0.25) is 5.02 Å². The maximum absolute atomic E-state index is 6.09. The molecule has 0 aliphatic carbocycles. The van der Waals surface area contributed by atoms with Crippen LogP contribution < -0.4 is 10.1 Å². The second-order valence-electron chi connectivity index (χ2n) is 4.41. The van der Waals surface area contributed by atoms with E-state index in [1.165, 1.54) is 6.42 Å². The van der Waals surface area contributed by atoms with E-state index < -0.39 is 0 Å². The zero-order valence-electron chi connectivity index (χ0n) is 9.58. The van der Waals surface area contributed by atoms with Gasteiger partial charge >= 0.3 is 0 Å². The fraction of sp³-hybridized carbons (Fsp3) is 0.538. The van der Waals surface area contributed by atoms with Crippen LogP contribution in [0.4, 0.5) is 0 Å². The number of ether oxygens (including phenoxy) is 1. The molecule has 1 saturated heterocycles. The molecule has 1 N–H and O–H groups in total. The first-order valence-electron chi connectivity index (χ1n) is 5.89. The van der Waals surface area contributed by atoms with Crippen molar-refractivity contribution < 1.29 is 4.74 Å². The van der Waals surface area contributed by atoms with Crippen LogP contribution in [0.25, 0.3) is 0 Å². The molecule has 0 aromatic heterocycles. The first kappa shape index (κ1) is 11.7. The summed E-state index contributed by atoms with van der Waals surface area (Å²) in [5.41, 5.74) is 0. The van der Waals surface area contributed by atoms with Gasteiger partial charge in [0.25, 0.3) is 0 Å². The summed E-state index contributed by atoms with van der Waals surface area (Å²) in [7, 11) is 0. The highest BCUT2D eigenvalue weighted by Gasteiger charge is 2.21. The molecule has 0 bridgehead atoms. The molecule has 1 aromatic rings.